The zero-order valence-electron chi connectivity index (χ0n) is 10.8. The molecule has 2 heteroatoms. The van der Waals surface area contributed by atoms with Crippen LogP contribution >= 0.6 is 0 Å². The first-order valence-corrected chi connectivity index (χ1v) is 6.21. The van der Waals surface area contributed by atoms with Gasteiger partial charge in [-0.2, -0.15) is 0 Å². The minimum absolute atomic E-state index is 0.562. The van der Waals surface area contributed by atoms with Crippen LogP contribution < -0.4 is 5.32 Å². The van der Waals surface area contributed by atoms with Crippen LogP contribution in [0.5, 0.6) is 0 Å². The number of aromatic nitrogens is 1. The zero-order chi connectivity index (χ0) is 12.3. The highest BCUT2D eigenvalue weighted by molar-refractivity contribution is 5.79. The van der Waals surface area contributed by atoms with Crippen LogP contribution in [0.1, 0.15) is 25.3 Å². The molecule has 1 heterocycles. The molecule has 2 aromatic rings. The van der Waals surface area contributed by atoms with Crippen molar-refractivity contribution >= 4 is 10.9 Å². The Bertz CT molecular complexity index is 493. The van der Waals surface area contributed by atoms with Crippen molar-refractivity contribution in [2.75, 3.05) is 13.6 Å². The summed E-state index contributed by atoms with van der Waals surface area (Å²) in [4.78, 5) is 4.35. The number of rotatable bonds is 4. The SMILES string of the molecule is CNCC(C)C(C)c1ccc2ncccc2c1. The predicted octanol–water partition coefficient (Wildman–Crippen LogP) is 3.19. The van der Waals surface area contributed by atoms with Gasteiger partial charge in [0, 0.05) is 11.6 Å². The second-order valence-electron chi connectivity index (χ2n) is 4.78. The van der Waals surface area contributed by atoms with Gasteiger partial charge < -0.3 is 5.32 Å². The smallest absolute Gasteiger partial charge is 0.0702 e. The third-order valence-electron chi connectivity index (χ3n) is 3.53. The van der Waals surface area contributed by atoms with E-state index >= 15 is 0 Å². The topological polar surface area (TPSA) is 24.9 Å². The van der Waals surface area contributed by atoms with Gasteiger partial charge in [-0.05, 0) is 49.2 Å². The normalized spacial score (nSPS) is 14.8. The number of fused-ring (bicyclic) bond motifs is 1. The molecule has 2 nitrogen and oxygen atoms in total. The highest BCUT2D eigenvalue weighted by atomic mass is 14.8. The molecule has 2 atom stereocenters. The lowest BCUT2D eigenvalue weighted by molar-refractivity contribution is 0.466. The Morgan fingerprint density at radius 1 is 1.24 bits per heavy atom. The fourth-order valence-electron chi connectivity index (χ4n) is 2.20. The molecule has 90 valence electrons. The van der Waals surface area contributed by atoms with E-state index in [0.717, 1.165) is 12.1 Å². The summed E-state index contributed by atoms with van der Waals surface area (Å²) < 4.78 is 0. The fourth-order valence-corrected chi connectivity index (χ4v) is 2.20. The van der Waals surface area contributed by atoms with Crippen molar-refractivity contribution in [1.82, 2.24) is 10.3 Å². The second-order valence-corrected chi connectivity index (χ2v) is 4.78. The number of pyridine rings is 1. The molecule has 0 bridgehead atoms. The molecule has 0 amide bonds. The summed E-state index contributed by atoms with van der Waals surface area (Å²) in [6.45, 7) is 5.63. The third-order valence-corrected chi connectivity index (χ3v) is 3.53. The van der Waals surface area contributed by atoms with E-state index in [9.17, 15) is 0 Å². The summed E-state index contributed by atoms with van der Waals surface area (Å²) in [6.07, 6.45) is 1.84. The lowest BCUT2D eigenvalue weighted by Crippen LogP contribution is -2.20. The molecule has 1 aromatic heterocycles. The molecule has 0 radical (unpaired) electrons. The minimum Gasteiger partial charge on any atom is -0.319 e. The molecule has 1 N–H and O–H groups in total. The van der Waals surface area contributed by atoms with E-state index in [0.29, 0.717) is 11.8 Å². The van der Waals surface area contributed by atoms with Crippen molar-refractivity contribution in [1.29, 1.82) is 0 Å². The van der Waals surface area contributed by atoms with Crippen LogP contribution in [0, 0.1) is 5.92 Å². The molecule has 0 aliphatic heterocycles. The minimum atomic E-state index is 0.562. The molecule has 0 saturated carbocycles. The van der Waals surface area contributed by atoms with E-state index in [1.54, 1.807) is 0 Å². The Hall–Kier alpha value is -1.41. The molecule has 0 saturated heterocycles. The summed E-state index contributed by atoms with van der Waals surface area (Å²) in [5.41, 5.74) is 2.47. The second kappa shape index (κ2) is 5.28. The summed E-state index contributed by atoms with van der Waals surface area (Å²) >= 11 is 0. The van der Waals surface area contributed by atoms with Crippen LogP contribution in [0.3, 0.4) is 0 Å². The quantitative estimate of drug-likeness (QED) is 0.869. The maximum atomic E-state index is 4.35. The van der Waals surface area contributed by atoms with Crippen LogP contribution in [0.15, 0.2) is 36.5 Å². The highest BCUT2D eigenvalue weighted by Gasteiger charge is 2.13. The van der Waals surface area contributed by atoms with Crippen molar-refractivity contribution in [3.05, 3.63) is 42.1 Å². The van der Waals surface area contributed by atoms with E-state index in [4.69, 9.17) is 0 Å². The molecule has 0 spiro atoms. The first-order valence-electron chi connectivity index (χ1n) is 6.21. The number of nitrogens with one attached hydrogen (secondary N) is 1. The van der Waals surface area contributed by atoms with Gasteiger partial charge in [-0.1, -0.05) is 26.0 Å². The molecule has 1 aromatic carbocycles. The van der Waals surface area contributed by atoms with Crippen molar-refractivity contribution in [2.24, 2.45) is 5.92 Å². The number of benzene rings is 1. The standard InChI is InChI=1S/C15H20N2/c1-11(10-16-3)12(2)13-6-7-15-14(9-13)5-4-8-17-15/h4-9,11-12,16H,10H2,1-3H3. The van der Waals surface area contributed by atoms with Gasteiger partial charge in [0.25, 0.3) is 0 Å². The molecule has 2 unspecified atom stereocenters. The Morgan fingerprint density at radius 2 is 2.06 bits per heavy atom. The highest BCUT2D eigenvalue weighted by Crippen LogP contribution is 2.26. The van der Waals surface area contributed by atoms with E-state index in [-0.39, 0.29) is 0 Å². The molecule has 17 heavy (non-hydrogen) atoms. The lowest BCUT2D eigenvalue weighted by atomic mass is 9.88. The molecular weight excluding hydrogens is 208 g/mol. The Kier molecular flexibility index (Phi) is 3.75. The van der Waals surface area contributed by atoms with E-state index in [2.05, 4.69) is 48.4 Å². The predicted molar refractivity (Wildman–Crippen MR) is 73.2 cm³/mol. The van der Waals surface area contributed by atoms with Gasteiger partial charge in [-0.15, -0.1) is 0 Å². The monoisotopic (exact) mass is 228 g/mol. The van der Waals surface area contributed by atoms with Crippen LogP contribution in [0.2, 0.25) is 0 Å². The van der Waals surface area contributed by atoms with Crippen molar-refractivity contribution < 1.29 is 0 Å². The molecule has 0 aliphatic rings. The molecule has 2 rings (SSSR count). The molecule has 0 fully saturated rings. The Balaban J connectivity index is 2.29. The zero-order valence-corrected chi connectivity index (χ0v) is 10.8. The number of hydrogen-bond donors (Lipinski definition) is 1. The largest absolute Gasteiger partial charge is 0.319 e. The molecular formula is C15H20N2. The summed E-state index contributed by atoms with van der Waals surface area (Å²) in [7, 11) is 2.01. The summed E-state index contributed by atoms with van der Waals surface area (Å²) in [5, 5.41) is 4.47. The Morgan fingerprint density at radius 3 is 2.82 bits per heavy atom. The van der Waals surface area contributed by atoms with Gasteiger partial charge >= 0.3 is 0 Å². The van der Waals surface area contributed by atoms with E-state index in [1.165, 1.54) is 10.9 Å². The van der Waals surface area contributed by atoms with E-state index in [1.807, 2.05) is 19.3 Å². The van der Waals surface area contributed by atoms with Gasteiger partial charge in [0.1, 0.15) is 0 Å². The first-order chi connectivity index (χ1) is 8.22. The van der Waals surface area contributed by atoms with Crippen LogP contribution in [0.4, 0.5) is 0 Å². The fraction of sp³-hybridized carbons (Fsp3) is 0.400. The van der Waals surface area contributed by atoms with Crippen molar-refractivity contribution in [3.63, 3.8) is 0 Å². The number of nitrogens with zero attached hydrogens (tertiary/aromatic N) is 1. The van der Waals surface area contributed by atoms with Crippen molar-refractivity contribution in [2.45, 2.75) is 19.8 Å². The van der Waals surface area contributed by atoms with Crippen LogP contribution in [-0.4, -0.2) is 18.6 Å². The maximum absolute atomic E-state index is 4.35. The van der Waals surface area contributed by atoms with Crippen LogP contribution in [-0.2, 0) is 0 Å². The van der Waals surface area contributed by atoms with Gasteiger partial charge in [0.15, 0.2) is 0 Å². The average Bonchev–Trinajstić information content (AvgIpc) is 2.37. The molecule has 0 aliphatic carbocycles. The van der Waals surface area contributed by atoms with Gasteiger partial charge in [-0.3, -0.25) is 4.98 Å². The van der Waals surface area contributed by atoms with Gasteiger partial charge in [-0.25, -0.2) is 0 Å². The van der Waals surface area contributed by atoms with Gasteiger partial charge in [0.2, 0.25) is 0 Å². The maximum Gasteiger partial charge on any atom is 0.0702 e. The first kappa shape index (κ1) is 12.1. The summed E-state index contributed by atoms with van der Waals surface area (Å²) in [6, 6.07) is 10.7. The summed E-state index contributed by atoms with van der Waals surface area (Å²) in [5.74, 6) is 1.20. The Labute approximate surface area is 103 Å². The van der Waals surface area contributed by atoms with Crippen molar-refractivity contribution in [3.8, 4) is 0 Å². The average molecular weight is 228 g/mol. The van der Waals surface area contributed by atoms with E-state index < -0.39 is 0 Å². The lowest BCUT2D eigenvalue weighted by Gasteiger charge is -2.20. The number of hydrogen-bond acceptors (Lipinski definition) is 2. The van der Waals surface area contributed by atoms with Crippen LogP contribution in [0.25, 0.3) is 10.9 Å². The third kappa shape index (κ3) is 2.64. The van der Waals surface area contributed by atoms with Gasteiger partial charge in [0.05, 0.1) is 5.52 Å².